The lowest BCUT2D eigenvalue weighted by Gasteiger charge is -2.21. The number of aliphatic hydroxyl groups is 2. The quantitative estimate of drug-likeness (QED) is 0.694. The molecule has 1 aliphatic carbocycles. The Labute approximate surface area is 96.0 Å². The van der Waals surface area contributed by atoms with Gasteiger partial charge in [0.2, 0.25) is 0 Å². The van der Waals surface area contributed by atoms with Crippen LogP contribution < -0.4 is 0 Å². The second kappa shape index (κ2) is 5.98. The van der Waals surface area contributed by atoms with Crippen LogP contribution in [0.2, 0.25) is 0 Å². The first-order chi connectivity index (χ1) is 7.69. The fraction of sp³-hybridized carbons (Fsp3) is 0.231. The molecule has 0 aromatic heterocycles. The minimum Gasteiger partial charge on any atom is -0.509 e. The van der Waals surface area contributed by atoms with E-state index in [2.05, 4.69) is 13.2 Å². The van der Waals surface area contributed by atoms with Gasteiger partial charge in [0.25, 0.3) is 0 Å². The van der Waals surface area contributed by atoms with Gasteiger partial charge in [-0.05, 0) is 6.08 Å². The van der Waals surface area contributed by atoms with Crippen molar-refractivity contribution in [3.05, 3.63) is 61.1 Å². The van der Waals surface area contributed by atoms with Gasteiger partial charge in [-0.25, -0.2) is 0 Å². The highest BCUT2D eigenvalue weighted by Crippen LogP contribution is 2.17. The van der Waals surface area contributed by atoms with Gasteiger partial charge in [0.15, 0.2) is 0 Å². The molecule has 0 fully saturated rings. The number of hydrogen-bond donors (Lipinski definition) is 2. The van der Waals surface area contributed by atoms with Crippen LogP contribution in [0.1, 0.15) is 0 Å². The van der Waals surface area contributed by atoms with Crippen molar-refractivity contribution in [3.63, 3.8) is 0 Å². The number of rotatable bonds is 5. The number of allylic oxidation sites excluding steroid dienone is 2. The summed E-state index contributed by atoms with van der Waals surface area (Å²) in [5, 5.41) is 19.1. The van der Waals surface area contributed by atoms with Crippen LogP contribution in [0, 0.1) is 0 Å². The lowest BCUT2D eigenvalue weighted by molar-refractivity contribution is 0.182. The molecule has 86 valence electrons. The fourth-order valence-electron chi connectivity index (χ4n) is 1.45. The van der Waals surface area contributed by atoms with E-state index in [0.29, 0.717) is 18.7 Å². The van der Waals surface area contributed by atoms with E-state index in [9.17, 15) is 10.2 Å². The summed E-state index contributed by atoms with van der Waals surface area (Å²) in [6, 6.07) is 0. The zero-order valence-electron chi connectivity index (χ0n) is 9.21. The molecule has 0 heterocycles. The minimum atomic E-state index is -0.942. The van der Waals surface area contributed by atoms with E-state index >= 15 is 0 Å². The minimum absolute atomic E-state index is 0.0362. The summed E-state index contributed by atoms with van der Waals surface area (Å²) in [5.41, 5.74) is 0.656. The highest BCUT2D eigenvalue weighted by Gasteiger charge is 2.16. The van der Waals surface area contributed by atoms with E-state index in [-0.39, 0.29) is 5.76 Å². The van der Waals surface area contributed by atoms with Crippen molar-refractivity contribution >= 4 is 0 Å². The van der Waals surface area contributed by atoms with Crippen molar-refractivity contribution in [2.75, 3.05) is 13.1 Å². The molecule has 3 heteroatoms. The SMILES string of the molecule is C=CCN(/C=C1/C=CC=C(O)C1O)CC=C. The maximum Gasteiger partial charge on any atom is 0.137 e. The molecule has 1 atom stereocenters. The molecule has 0 spiro atoms. The highest BCUT2D eigenvalue weighted by molar-refractivity contribution is 5.36. The molecule has 0 aromatic rings. The van der Waals surface area contributed by atoms with Crippen LogP contribution in [-0.4, -0.2) is 34.3 Å². The Bertz CT molecular complexity index is 343. The van der Waals surface area contributed by atoms with Gasteiger partial charge in [0.05, 0.1) is 0 Å². The van der Waals surface area contributed by atoms with E-state index in [0.717, 1.165) is 0 Å². The summed E-state index contributed by atoms with van der Waals surface area (Å²) in [7, 11) is 0. The van der Waals surface area contributed by atoms with E-state index in [1.165, 1.54) is 6.08 Å². The topological polar surface area (TPSA) is 43.7 Å². The Kier molecular flexibility index (Phi) is 4.61. The summed E-state index contributed by atoms with van der Waals surface area (Å²) >= 11 is 0. The Balaban J connectivity index is 2.80. The van der Waals surface area contributed by atoms with E-state index < -0.39 is 6.10 Å². The van der Waals surface area contributed by atoms with Crippen LogP contribution in [0.15, 0.2) is 61.1 Å². The molecule has 0 aromatic carbocycles. The Morgan fingerprint density at radius 2 is 1.94 bits per heavy atom. The first-order valence-electron chi connectivity index (χ1n) is 5.12. The maximum atomic E-state index is 9.71. The van der Waals surface area contributed by atoms with E-state index in [1.807, 2.05) is 4.90 Å². The first-order valence-corrected chi connectivity index (χ1v) is 5.12. The van der Waals surface area contributed by atoms with Gasteiger partial charge < -0.3 is 15.1 Å². The molecule has 0 amide bonds. The number of hydrogen-bond acceptors (Lipinski definition) is 3. The molecule has 0 saturated heterocycles. The average Bonchev–Trinajstić information content (AvgIpc) is 2.25. The predicted octanol–water partition coefficient (Wildman–Crippen LogP) is 1.92. The zero-order valence-corrected chi connectivity index (χ0v) is 9.21. The van der Waals surface area contributed by atoms with Gasteiger partial charge in [0.1, 0.15) is 11.9 Å². The van der Waals surface area contributed by atoms with Crippen molar-refractivity contribution in [1.82, 2.24) is 4.90 Å². The van der Waals surface area contributed by atoms with Crippen molar-refractivity contribution in [1.29, 1.82) is 0 Å². The summed E-state index contributed by atoms with van der Waals surface area (Å²) in [5.74, 6) is -0.0362. The third-order valence-electron chi connectivity index (χ3n) is 2.21. The molecule has 0 aliphatic heterocycles. The fourth-order valence-corrected chi connectivity index (χ4v) is 1.45. The van der Waals surface area contributed by atoms with Crippen molar-refractivity contribution < 1.29 is 10.2 Å². The maximum absolute atomic E-state index is 9.71. The Morgan fingerprint density at radius 3 is 2.50 bits per heavy atom. The smallest absolute Gasteiger partial charge is 0.137 e. The molecular formula is C13H17NO2. The molecule has 1 aliphatic rings. The van der Waals surface area contributed by atoms with Gasteiger partial charge >= 0.3 is 0 Å². The second-order valence-electron chi connectivity index (χ2n) is 3.51. The largest absolute Gasteiger partial charge is 0.509 e. The normalized spacial score (nSPS) is 21.7. The Hall–Kier alpha value is -1.74. The van der Waals surface area contributed by atoms with Crippen LogP contribution in [-0.2, 0) is 0 Å². The summed E-state index contributed by atoms with van der Waals surface area (Å²) < 4.78 is 0. The molecule has 16 heavy (non-hydrogen) atoms. The van der Waals surface area contributed by atoms with Crippen molar-refractivity contribution in [2.45, 2.75) is 6.10 Å². The molecule has 0 radical (unpaired) electrons. The van der Waals surface area contributed by atoms with Crippen LogP contribution in [0.3, 0.4) is 0 Å². The van der Waals surface area contributed by atoms with Gasteiger partial charge in [-0.1, -0.05) is 24.3 Å². The van der Waals surface area contributed by atoms with Gasteiger partial charge in [-0.15, -0.1) is 13.2 Å². The molecule has 0 saturated carbocycles. The Morgan fingerprint density at radius 1 is 1.31 bits per heavy atom. The van der Waals surface area contributed by atoms with Gasteiger partial charge in [0, 0.05) is 24.9 Å². The van der Waals surface area contributed by atoms with Crippen molar-refractivity contribution in [2.24, 2.45) is 0 Å². The molecule has 3 nitrogen and oxygen atoms in total. The van der Waals surface area contributed by atoms with Crippen LogP contribution >= 0.6 is 0 Å². The van der Waals surface area contributed by atoms with Gasteiger partial charge in [-0.3, -0.25) is 0 Å². The van der Waals surface area contributed by atoms with Crippen molar-refractivity contribution in [3.8, 4) is 0 Å². The lowest BCUT2D eigenvalue weighted by atomic mass is 10.0. The number of aliphatic hydroxyl groups excluding tert-OH is 2. The zero-order chi connectivity index (χ0) is 12.0. The average molecular weight is 219 g/mol. The molecule has 0 bridgehead atoms. The highest BCUT2D eigenvalue weighted by atomic mass is 16.3. The molecular weight excluding hydrogens is 202 g/mol. The van der Waals surface area contributed by atoms with E-state index in [1.54, 1.807) is 30.5 Å². The van der Waals surface area contributed by atoms with E-state index in [4.69, 9.17) is 0 Å². The van der Waals surface area contributed by atoms with Crippen LogP contribution in [0.25, 0.3) is 0 Å². The molecule has 1 unspecified atom stereocenters. The predicted molar refractivity (Wildman–Crippen MR) is 65.9 cm³/mol. The number of nitrogens with zero attached hydrogens (tertiary/aromatic N) is 1. The van der Waals surface area contributed by atoms with Crippen LogP contribution in [0.5, 0.6) is 0 Å². The first kappa shape index (κ1) is 12.3. The van der Waals surface area contributed by atoms with Crippen LogP contribution in [0.4, 0.5) is 0 Å². The summed E-state index contributed by atoms with van der Waals surface area (Å²) in [4.78, 5) is 1.95. The summed E-state index contributed by atoms with van der Waals surface area (Å²) in [6.07, 6.45) is 9.35. The lowest BCUT2D eigenvalue weighted by Crippen LogP contribution is -2.22. The summed E-state index contributed by atoms with van der Waals surface area (Å²) in [6.45, 7) is 8.66. The van der Waals surface area contributed by atoms with Gasteiger partial charge in [-0.2, -0.15) is 0 Å². The molecule has 1 rings (SSSR count). The second-order valence-corrected chi connectivity index (χ2v) is 3.51. The third kappa shape index (κ3) is 3.14. The standard InChI is InChI=1S/C13H17NO2/c1-3-8-14(9-4-2)10-11-6-5-7-12(15)13(11)16/h3-7,10,13,15-16H,1-2,8-9H2/b11-10-. The monoisotopic (exact) mass is 219 g/mol. The third-order valence-corrected chi connectivity index (χ3v) is 2.21. The molecule has 2 N–H and O–H groups in total.